The van der Waals surface area contributed by atoms with Crippen LogP contribution in [0.2, 0.25) is 5.02 Å². The summed E-state index contributed by atoms with van der Waals surface area (Å²) in [6.07, 6.45) is 4.77. The Hall–Kier alpha value is -5.26. The van der Waals surface area contributed by atoms with Crippen molar-refractivity contribution in [3.05, 3.63) is 111 Å². The minimum atomic E-state index is -4.56. The standard InChI is InChI=1S/C45H51ClN8O6S2/c1-45(2)17-14-30(37(27-45)29-4-6-31(46)7-5-29)28-52-20-22-53(23-21-52)33-8-11-36(41(24-33)60-34-9-12-39-42(25-34)61-44(47)49-39)43(55)50-62(58,59)35-10-13-38(40(26-35)54(56)57)48-32-15-18-51(3)19-16-32/h4-13,24-26,32,48H,14-23,27-28H2,1-3H3,(H2,47,49)(H,50,55). The van der Waals surface area contributed by atoms with E-state index in [0.717, 1.165) is 99.4 Å². The average molecular weight is 900 g/mol. The Morgan fingerprint density at radius 1 is 1.00 bits per heavy atom. The number of hydrogen-bond donors (Lipinski definition) is 3. The highest BCUT2D eigenvalue weighted by Crippen LogP contribution is 2.44. The van der Waals surface area contributed by atoms with Crippen molar-refractivity contribution >= 4 is 76.9 Å². The number of nitrogen functional groups attached to an aromatic ring is 1. The monoisotopic (exact) mass is 898 g/mol. The maximum absolute atomic E-state index is 14.0. The second-order valence-electron chi connectivity index (χ2n) is 17.2. The van der Waals surface area contributed by atoms with E-state index in [2.05, 4.69) is 55.7 Å². The number of ether oxygens (including phenoxy) is 1. The molecule has 3 heterocycles. The molecular weight excluding hydrogens is 848 g/mol. The van der Waals surface area contributed by atoms with Gasteiger partial charge in [0.2, 0.25) is 0 Å². The molecule has 5 aromatic rings. The number of carbonyl (C=O) groups excluding carboxylic acids is 1. The summed E-state index contributed by atoms with van der Waals surface area (Å²) >= 11 is 7.54. The van der Waals surface area contributed by atoms with Gasteiger partial charge in [-0.1, -0.05) is 54.5 Å². The first-order chi connectivity index (χ1) is 29.6. The van der Waals surface area contributed by atoms with Crippen LogP contribution in [0, 0.1) is 15.5 Å². The molecule has 4 aromatic carbocycles. The van der Waals surface area contributed by atoms with Gasteiger partial charge in [0.1, 0.15) is 17.2 Å². The van der Waals surface area contributed by atoms with Gasteiger partial charge in [0, 0.05) is 67.7 Å². The van der Waals surface area contributed by atoms with Crippen LogP contribution in [0.25, 0.3) is 15.8 Å². The molecule has 0 bridgehead atoms. The van der Waals surface area contributed by atoms with E-state index >= 15 is 0 Å². The maximum atomic E-state index is 14.0. The number of piperazine rings is 1. The SMILES string of the molecule is CN1CCC(Nc2ccc(S(=O)(=O)NC(=O)c3ccc(N4CCN(CC5=C(c6ccc(Cl)cc6)CC(C)(C)CC5)CC4)cc3Oc3ccc4nc(N)sc4c3)cc2[N+](=O)[O-])CC1. The smallest absolute Gasteiger partial charge is 0.293 e. The third-order valence-corrected chi connectivity index (χ3v) is 14.6. The number of amides is 1. The number of nitrogens with zero attached hydrogens (tertiary/aromatic N) is 5. The van der Waals surface area contributed by atoms with E-state index < -0.39 is 31.4 Å². The number of carbonyl (C=O) groups is 1. The Bertz CT molecular complexity index is 2640. The van der Waals surface area contributed by atoms with Crippen LogP contribution in [0.4, 0.5) is 22.2 Å². The van der Waals surface area contributed by atoms with E-state index in [1.807, 2.05) is 19.2 Å². The quantitative estimate of drug-likeness (QED) is 0.0804. The predicted octanol–water partition coefficient (Wildman–Crippen LogP) is 8.64. The lowest BCUT2D eigenvalue weighted by Crippen LogP contribution is -2.47. The van der Waals surface area contributed by atoms with Crippen LogP contribution in [0.1, 0.15) is 61.9 Å². The number of rotatable bonds is 12. The van der Waals surface area contributed by atoms with Crippen LogP contribution in [0.3, 0.4) is 0 Å². The first kappa shape index (κ1) is 43.4. The van der Waals surface area contributed by atoms with Crippen LogP contribution in [-0.2, 0) is 10.0 Å². The van der Waals surface area contributed by atoms with E-state index in [1.54, 1.807) is 36.4 Å². The zero-order valence-electron chi connectivity index (χ0n) is 35.0. The van der Waals surface area contributed by atoms with E-state index in [4.69, 9.17) is 22.1 Å². The predicted molar refractivity (Wildman–Crippen MR) is 247 cm³/mol. The number of fused-ring (bicyclic) bond motifs is 1. The number of piperidine rings is 1. The number of sulfonamides is 1. The molecule has 1 aliphatic carbocycles. The molecule has 1 amide bonds. The summed E-state index contributed by atoms with van der Waals surface area (Å²) in [5.74, 6) is -0.402. The van der Waals surface area contributed by atoms with E-state index in [-0.39, 0.29) is 28.5 Å². The number of nitrogens with two attached hydrogens (primary N) is 1. The van der Waals surface area contributed by atoms with Gasteiger partial charge in [0.05, 0.1) is 25.6 Å². The topological polar surface area (TPSA) is 176 Å². The highest BCUT2D eigenvalue weighted by molar-refractivity contribution is 7.90. The Labute approximate surface area is 370 Å². The van der Waals surface area contributed by atoms with Crippen LogP contribution < -0.4 is 25.4 Å². The van der Waals surface area contributed by atoms with Crippen molar-refractivity contribution < 1.29 is 22.9 Å². The summed E-state index contributed by atoms with van der Waals surface area (Å²) < 4.78 is 36.7. The summed E-state index contributed by atoms with van der Waals surface area (Å²) in [4.78, 5) is 36.3. The zero-order valence-corrected chi connectivity index (χ0v) is 37.4. The fourth-order valence-electron chi connectivity index (χ4n) is 8.55. The third kappa shape index (κ3) is 10.00. The molecule has 0 unspecified atom stereocenters. The molecule has 2 saturated heterocycles. The summed E-state index contributed by atoms with van der Waals surface area (Å²) in [5.41, 5.74) is 11.6. The van der Waals surface area contributed by atoms with Gasteiger partial charge in [-0.3, -0.25) is 19.8 Å². The molecule has 0 atom stereocenters. The molecule has 4 N–H and O–H groups in total. The summed E-state index contributed by atoms with van der Waals surface area (Å²) in [6, 6.07) is 22.1. The summed E-state index contributed by atoms with van der Waals surface area (Å²) in [6.45, 7) is 10.3. The number of thiazole rings is 1. The summed E-state index contributed by atoms with van der Waals surface area (Å²) in [5, 5.41) is 16.5. The number of likely N-dealkylation sites (tertiary alicyclic amines) is 1. The minimum Gasteiger partial charge on any atom is -0.456 e. The largest absolute Gasteiger partial charge is 0.456 e. The second kappa shape index (κ2) is 17.8. The van der Waals surface area contributed by atoms with Gasteiger partial charge in [-0.2, -0.15) is 0 Å². The molecule has 62 heavy (non-hydrogen) atoms. The van der Waals surface area contributed by atoms with Crippen molar-refractivity contribution in [2.45, 2.75) is 56.9 Å². The molecule has 3 aliphatic rings. The molecule has 1 aromatic heterocycles. The molecule has 2 aliphatic heterocycles. The van der Waals surface area contributed by atoms with Crippen molar-refractivity contribution in [2.75, 3.05) is 68.8 Å². The van der Waals surface area contributed by atoms with Gasteiger partial charge >= 0.3 is 0 Å². The molecule has 0 saturated carbocycles. The molecule has 2 fully saturated rings. The van der Waals surface area contributed by atoms with Crippen molar-refractivity contribution in [1.82, 2.24) is 19.5 Å². The second-order valence-corrected chi connectivity index (χ2v) is 20.4. The first-order valence-corrected chi connectivity index (χ1v) is 23.5. The molecule has 17 heteroatoms. The minimum absolute atomic E-state index is 0.00692. The van der Waals surface area contributed by atoms with Crippen molar-refractivity contribution in [3.63, 3.8) is 0 Å². The lowest BCUT2D eigenvalue weighted by atomic mass is 9.72. The molecule has 8 rings (SSSR count). The Balaban J connectivity index is 1.02. The van der Waals surface area contributed by atoms with Crippen molar-refractivity contribution in [2.24, 2.45) is 5.41 Å². The van der Waals surface area contributed by atoms with Crippen molar-refractivity contribution in [1.29, 1.82) is 0 Å². The van der Waals surface area contributed by atoms with Crippen LogP contribution in [0.15, 0.2) is 89.3 Å². The van der Waals surface area contributed by atoms with Crippen LogP contribution in [-0.4, -0.2) is 92.9 Å². The third-order valence-electron chi connectivity index (χ3n) is 12.1. The highest BCUT2D eigenvalue weighted by atomic mass is 35.5. The van der Waals surface area contributed by atoms with Gasteiger partial charge in [0.15, 0.2) is 5.13 Å². The van der Waals surface area contributed by atoms with Crippen molar-refractivity contribution in [3.8, 4) is 11.5 Å². The van der Waals surface area contributed by atoms with Crippen LogP contribution in [0.5, 0.6) is 11.5 Å². The van der Waals surface area contributed by atoms with Crippen LogP contribution >= 0.6 is 22.9 Å². The van der Waals surface area contributed by atoms with Gasteiger partial charge in [-0.25, -0.2) is 18.1 Å². The van der Waals surface area contributed by atoms with Gasteiger partial charge in [-0.05, 0) is 117 Å². The Morgan fingerprint density at radius 2 is 1.74 bits per heavy atom. The molecule has 326 valence electrons. The number of anilines is 3. The molecule has 0 radical (unpaired) electrons. The fourth-order valence-corrected chi connectivity index (χ4v) is 10.4. The fraction of sp³-hybridized carbons (Fsp3) is 0.378. The Morgan fingerprint density at radius 3 is 2.47 bits per heavy atom. The highest BCUT2D eigenvalue weighted by Gasteiger charge is 2.31. The number of nitrogens with one attached hydrogen (secondary N) is 2. The number of aromatic nitrogens is 1. The van der Waals surface area contributed by atoms with Gasteiger partial charge in [0.25, 0.3) is 21.6 Å². The Kier molecular flexibility index (Phi) is 12.5. The maximum Gasteiger partial charge on any atom is 0.293 e. The lowest BCUT2D eigenvalue weighted by molar-refractivity contribution is -0.384. The van der Waals surface area contributed by atoms with E-state index in [0.29, 0.717) is 16.4 Å². The molecule has 0 spiro atoms. The average Bonchev–Trinajstić information content (AvgIpc) is 3.62. The summed E-state index contributed by atoms with van der Waals surface area (Å²) in [7, 11) is -2.54. The van der Waals surface area contributed by atoms with Gasteiger partial charge < -0.3 is 25.6 Å². The number of allylic oxidation sites excluding steroid dienone is 1. The number of nitro benzene ring substituents is 1. The zero-order chi connectivity index (χ0) is 43.8. The number of nitro groups is 1. The number of halogens is 1. The number of hydrogen-bond acceptors (Lipinski definition) is 13. The normalized spacial score (nSPS) is 17.9. The molecular formula is C45H51ClN8O6S2. The van der Waals surface area contributed by atoms with E-state index in [1.165, 1.54) is 40.2 Å². The number of benzene rings is 4. The van der Waals surface area contributed by atoms with E-state index in [9.17, 15) is 23.3 Å². The van der Waals surface area contributed by atoms with Gasteiger partial charge in [-0.15, -0.1) is 0 Å². The first-order valence-electron chi connectivity index (χ1n) is 20.8. The lowest BCUT2D eigenvalue weighted by Gasteiger charge is -2.39. The molecule has 14 nitrogen and oxygen atoms in total.